The molecule has 2 heterocycles. The predicted octanol–water partition coefficient (Wildman–Crippen LogP) is 1.86. The molecule has 1 aromatic heterocycles. The third-order valence-corrected chi connectivity index (χ3v) is 5.18. The van der Waals surface area contributed by atoms with Gasteiger partial charge in [0, 0.05) is 16.8 Å². The number of nitrogens with one attached hydrogen (secondary N) is 2. The van der Waals surface area contributed by atoms with Crippen LogP contribution in [0.15, 0.2) is 17.5 Å². The Balaban J connectivity index is 1.94. The van der Waals surface area contributed by atoms with Crippen molar-refractivity contribution in [1.29, 1.82) is 0 Å². The van der Waals surface area contributed by atoms with E-state index in [1.165, 1.54) is 4.88 Å². The molecule has 0 saturated carbocycles. The molecule has 2 rings (SSSR count). The topological polar surface area (TPSA) is 44.4 Å². The second-order valence-corrected chi connectivity index (χ2v) is 6.99. The lowest BCUT2D eigenvalue weighted by molar-refractivity contribution is -0.131. The van der Waals surface area contributed by atoms with Gasteiger partial charge in [0.25, 0.3) is 0 Å². The number of thiophene rings is 1. The van der Waals surface area contributed by atoms with E-state index in [-0.39, 0.29) is 17.4 Å². The van der Waals surface area contributed by atoms with Crippen LogP contribution >= 0.6 is 11.3 Å². The maximum absolute atomic E-state index is 12.5. The normalized spacial score (nSPS) is 19.8. The van der Waals surface area contributed by atoms with E-state index < -0.39 is 0 Å². The molecule has 1 atom stereocenters. The molecule has 1 unspecified atom stereocenters. The average Bonchev–Trinajstić information content (AvgIpc) is 2.93. The van der Waals surface area contributed by atoms with Crippen LogP contribution < -0.4 is 10.6 Å². The fourth-order valence-corrected chi connectivity index (χ4v) is 3.55. The average molecular weight is 295 g/mol. The summed E-state index contributed by atoms with van der Waals surface area (Å²) in [6.45, 7) is 4.63. The van der Waals surface area contributed by atoms with Crippen molar-refractivity contribution in [3.8, 4) is 0 Å². The summed E-state index contributed by atoms with van der Waals surface area (Å²) in [6, 6.07) is 4.45. The quantitative estimate of drug-likeness (QED) is 0.871. The molecule has 5 heteroatoms. The van der Waals surface area contributed by atoms with Gasteiger partial charge in [0.1, 0.15) is 0 Å². The summed E-state index contributed by atoms with van der Waals surface area (Å²) in [5.41, 5.74) is -0.211. The van der Waals surface area contributed by atoms with E-state index in [2.05, 4.69) is 54.1 Å². The highest BCUT2D eigenvalue weighted by molar-refractivity contribution is 7.10. The number of hydrogen-bond acceptors (Lipinski definition) is 4. The molecule has 1 amide bonds. The molecule has 112 valence electrons. The molecule has 4 nitrogen and oxygen atoms in total. The maximum Gasteiger partial charge on any atom is 0.226 e. The van der Waals surface area contributed by atoms with Crippen LogP contribution in [0.2, 0.25) is 0 Å². The maximum atomic E-state index is 12.5. The highest BCUT2D eigenvalue weighted by Gasteiger charge is 2.34. The van der Waals surface area contributed by atoms with Crippen LogP contribution in [-0.4, -0.2) is 44.5 Å². The number of rotatable bonds is 5. The number of nitrogens with zero attached hydrogens (tertiary/aromatic N) is 1. The molecule has 0 bridgehead atoms. The summed E-state index contributed by atoms with van der Waals surface area (Å²) in [4.78, 5) is 15.9. The second-order valence-electron chi connectivity index (χ2n) is 6.02. The van der Waals surface area contributed by atoms with Gasteiger partial charge in [-0.05, 0) is 51.5 Å². The molecule has 2 N–H and O–H groups in total. The Morgan fingerprint density at radius 3 is 2.75 bits per heavy atom. The Morgan fingerprint density at radius 1 is 1.50 bits per heavy atom. The number of amides is 1. The number of likely N-dealkylation sites (N-methyl/N-ethyl adjacent to an activating group) is 1. The van der Waals surface area contributed by atoms with Crippen LogP contribution in [0.5, 0.6) is 0 Å². The van der Waals surface area contributed by atoms with Crippen LogP contribution in [0, 0.1) is 5.41 Å². The molecular weight excluding hydrogens is 270 g/mol. The minimum absolute atomic E-state index is 0.197. The third-order valence-electron chi connectivity index (χ3n) is 4.21. The molecule has 20 heavy (non-hydrogen) atoms. The molecule has 0 radical (unpaired) electrons. The van der Waals surface area contributed by atoms with Crippen LogP contribution in [-0.2, 0) is 4.79 Å². The number of carbonyl (C=O) groups excluding carboxylic acids is 1. The van der Waals surface area contributed by atoms with Crippen molar-refractivity contribution in [3.63, 3.8) is 0 Å². The number of carbonyl (C=O) groups is 1. The van der Waals surface area contributed by atoms with E-state index in [9.17, 15) is 4.79 Å². The van der Waals surface area contributed by atoms with Crippen molar-refractivity contribution in [1.82, 2.24) is 15.5 Å². The fraction of sp³-hybridized carbons (Fsp3) is 0.667. The first-order chi connectivity index (χ1) is 9.53. The molecular formula is C15H25N3OS. The summed E-state index contributed by atoms with van der Waals surface area (Å²) in [5, 5.41) is 8.56. The molecule has 1 aliphatic heterocycles. The first-order valence-electron chi connectivity index (χ1n) is 7.22. The van der Waals surface area contributed by atoms with Crippen molar-refractivity contribution in [2.75, 3.05) is 33.7 Å². The Kier molecular flexibility index (Phi) is 5.18. The van der Waals surface area contributed by atoms with Crippen LogP contribution in [0.1, 0.15) is 30.7 Å². The fourth-order valence-electron chi connectivity index (χ4n) is 2.63. The van der Waals surface area contributed by atoms with E-state index in [0.717, 1.165) is 25.9 Å². The van der Waals surface area contributed by atoms with Crippen LogP contribution in [0.4, 0.5) is 0 Å². The van der Waals surface area contributed by atoms with Crippen molar-refractivity contribution in [2.24, 2.45) is 5.41 Å². The van der Waals surface area contributed by atoms with Crippen molar-refractivity contribution in [2.45, 2.75) is 25.8 Å². The summed E-state index contributed by atoms with van der Waals surface area (Å²) >= 11 is 1.74. The Hall–Kier alpha value is -0.910. The van der Waals surface area contributed by atoms with Gasteiger partial charge < -0.3 is 15.5 Å². The van der Waals surface area contributed by atoms with E-state index in [0.29, 0.717) is 6.54 Å². The van der Waals surface area contributed by atoms with Gasteiger partial charge in [-0.3, -0.25) is 4.79 Å². The van der Waals surface area contributed by atoms with Gasteiger partial charge in [-0.15, -0.1) is 11.3 Å². The summed E-state index contributed by atoms with van der Waals surface area (Å²) in [6.07, 6.45) is 1.84. The first-order valence-corrected chi connectivity index (χ1v) is 8.10. The largest absolute Gasteiger partial charge is 0.354 e. The van der Waals surface area contributed by atoms with Gasteiger partial charge in [0.2, 0.25) is 5.91 Å². The lowest BCUT2D eigenvalue weighted by atomic mass is 9.80. The molecule has 1 aliphatic rings. The molecule has 0 aromatic carbocycles. The van der Waals surface area contributed by atoms with Gasteiger partial charge in [-0.1, -0.05) is 13.0 Å². The highest BCUT2D eigenvalue weighted by Crippen LogP contribution is 2.28. The zero-order valence-electron chi connectivity index (χ0n) is 12.6. The Morgan fingerprint density at radius 2 is 2.20 bits per heavy atom. The second kappa shape index (κ2) is 6.70. The van der Waals surface area contributed by atoms with Gasteiger partial charge in [0.05, 0.1) is 6.04 Å². The highest BCUT2D eigenvalue weighted by atomic mass is 32.1. The molecule has 1 saturated heterocycles. The monoisotopic (exact) mass is 295 g/mol. The summed E-state index contributed by atoms with van der Waals surface area (Å²) in [5.74, 6) is 0.197. The number of hydrogen-bond donors (Lipinski definition) is 2. The minimum atomic E-state index is -0.211. The molecule has 1 aromatic rings. The van der Waals surface area contributed by atoms with Crippen LogP contribution in [0.25, 0.3) is 0 Å². The molecule has 1 fully saturated rings. The van der Waals surface area contributed by atoms with Gasteiger partial charge in [-0.25, -0.2) is 0 Å². The van der Waals surface area contributed by atoms with Crippen molar-refractivity contribution in [3.05, 3.63) is 22.4 Å². The van der Waals surface area contributed by atoms with Crippen molar-refractivity contribution < 1.29 is 4.79 Å². The Labute approximate surface area is 125 Å². The van der Waals surface area contributed by atoms with E-state index in [1.54, 1.807) is 11.3 Å². The molecule has 0 spiro atoms. The van der Waals surface area contributed by atoms with Crippen molar-refractivity contribution >= 4 is 17.2 Å². The first kappa shape index (κ1) is 15.5. The third kappa shape index (κ3) is 3.59. The standard InChI is InChI=1S/C15H25N3OS/c1-15(6-8-16-9-7-15)14(19)17-11-12(18(2)3)13-5-4-10-20-13/h4-5,10,12,16H,6-9,11H2,1-3H3,(H,17,19). The summed E-state index contributed by atoms with van der Waals surface area (Å²) in [7, 11) is 4.12. The van der Waals surface area contributed by atoms with E-state index >= 15 is 0 Å². The predicted molar refractivity (Wildman–Crippen MR) is 84.0 cm³/mol. The molecule has 0 aliphatic carbocycles. The van der Waals surface area contributed by atoms with Gasteiger partial charge in [0.15, 0.2) is 0 Å². The smallest absolute Gasteiger partial charge is 0.226 e. The van der Waals surface area contributed by atoms with E-state index in [1.807, 2.05) is 0 Å². The number of piperidine rings is 1. The van der Waals surface area contributed by atoms with E-state index in [4.69, 9.17) is 0 Å². The zero-order valence-corrected chi connectivity index (χ0v) is 13.4. The minimum Gasteiger partial charge on any atom is -0.354 e. The lowest BCUT2D eigenvalue weighted by Gasteiger charge is -2.33. The Bertz CT molecular complexity index is 424. The summed E-state index contributed by atoms with van der Waals surface area (Å²) < 4.78 is 0. The SMILES string of the molecule is CN(C)C(CNC(=O)C1(C)CCNCC1)c1cccs1. The van der Waals surface area contributed by atoms with Crippen LogP contribution in [0.3, 0.4) is 0 Å². The zero-order chi connectivity index (χ0) is 14.6. The van der Waals surface area contributed by atoms with Gasteiger partial charge >= 0.3 is 0 Å². The lowest BCUT2D eigenvalue weighted by Crippen LogP contribution is -2.47. The van der Waals surface area contributed by atoms with Gasteiger partial charge in [-0.2, -0.15) is 0 Å².